The first-order valence-corrected chi connectivity index (χ1v) is 27.0. The van der Waals surface area contributed by atoms with Gasteiger partial charge in [0.25, 0.3) is 0 Å². The van der Waals surface area contributed by atoms with Gasteiger partial charge in [0.1, 0.15) is 5.52 Å². The molecule has 1 unspecified atom stereocenters. The van der Waals surface area contributed by atoms with Crippen LogP contribution >= 0.6 is 0 Å². The van der Waals surface area contributed by atoms with Crippen LogP contribution in [0.4, 0.5) is 17.2 Å². The van der Waals surface area contributed by atoms with Crippen LogP contribution in [0.1, 0.15) is 134 Å². The Hall–Kier alpha value is -5.83. The first-order chi connectivity index (χ1) is 34.4. The first kappa shape index (κ1) is 46.3. The van der Waals surface area contributed by atoms with Gasteiger partial charge in [0.2, 0.25) is 29.5 Å². The number of fused-ring (bicyclic) bond motifs is 3. The van der Waals surface area contributed by atoms with E-state index in [2.05, 4.69) is 68.0 Å². The maximum Gasteiger partial charge on any atom is 0.238 e. The highest BCUT2D eigenvalue weighted by molar-refractivity contribution is 6.09. The molecule has 0 radical (unpaired) electrons. The zero-order valence-electron chi connectivity index (χ0n) is 41.8. The van der Waals surface area contributed by atoms with E-state index in [4.69, 9.17) is 9.97 Å². The van der Waals surface area contributed by atoms with Crippen LogP contribution in [-0.4, -0.2) is 129 Å². The number of piperidine rings is 4. The quantitative estimate of drug-likeness (QED) is 0.157. The van der Waals surface area contributed by atoms with Gasteiger partial charge in [-0.15, -0.1) is 0 Å². The summed E-state index contributed by atoms with van der Waals surface area (Å²) in [6, 6.07) is 18.0. The van der Waals surface area contributed by atoms with E-state index in [1.165, 1.54) is 19.3 Å². The number of nitrogens with zero attached hydrogens (tertiary/aromatic N) is 8. The average Bonchev–Trinajstić information content (AvgIpc) is 3.84. The number of aromatic nitrogens is 3. The molecule has 2 N–H and O–H groups in total. The van der Waals surface area contributed by atoms with Gasteiger partial charge in [-0.3, -0.25) is 29.3 Å². The molecule has 2 aromatic carbocycles. The van der Waals surface area contributed by atoms with Gasteiger partial charge in [0.15, 0.2) is 5.82 Å². The van der Waals surface area contributed by atoms with Crippen molar-refractivity contribution in [3.63, 3.8) is 0 Å². The summed E-state index contributed by atoms with van der Waals surface area (Å²) in [5, 5.41) is 6.16. The van der Waals surface area contributed by atoms with Crippen LogP contribution in [0.15, 0.2) is 54.9 Å². The van der Waals surface area contributed by atoms with Crippen LogP contribution in [0.25, 0.3) is 22.3 Å². The van der Waals surface area contributed by atoms with E-state index in [0.29, 0.717) is 70.4 Å². The fourth-order valence-electron chi connectivity index (χ4n) is 13.4. The van der Waals surface area contributed by atoms with Crippen molar-refractivity contribution in [2.24, 2.45) is 11.3 Å². The van der Waals surface area contributed by atoms with Crippen LogP contribution < -0.4 is 20.4 Å². The summed E-state index contributed by atoms with van der Waals surface area (Å²) in [4.78, 5) is 89.2. The Morgan fingerprint density at radius 1 is 0.803 bits per heavy atom. The van der Waals surface area contributed by atoms with E-state index >= 15 is 4.79 Å². The molecule has 7 fully saturated rings. The second-order valence-electron chi connectivity index (χ2n) is 23.0. The smallest absolute Gasteiger partial charge is 0.238 e. The van der Waals surface area contributed by atoms with E-state index in [-0.39, 0.29) is 53.5 Å². The number of hydrogen-bond acceptors (Lipinski definition) is 10. The lowest BCUT2D eigenvalue weighted by molar-refractivity contribution is -0.145. The Balaban J connectivity index is 0.723. The predicted octanol–water partition coefficient (Wildman–Crippen LogP) is 7.15. The fourth-order valence-corrected chi connectivity index (χ4v) is 13.4. The minimum atomic E-state index is -0.698. The molecule has 0 bridgehead atoms. The molecule has 2 saturated carbocycles. The number of anilines is 3. The number of likely N-dealkylation sites (tertiary alicyclic amines) is 3. The van der Waals surface area contributed by atoms with Crippen LogP contribution in [0.3, 0.4) is 0 Å². The van der Waals surface area contributed by atoms with Crippen molar-refractivity contribution in [1.82, 2.24) is 34.6 Å². The van der Waals surface area contributed by atoms with Crippen molar-refractivity contribution < 1.29 is 24.0 Å². The summed E-state index contributed by atoms with van der Waals surface area (Å²) < 4.78 is 2.20. The number of benzene rings is 2. The number of carbonyl (C=O) groups excluding carboxylic acids is 5. The van der Waals surface area contributed by atoms with Gasteiger partial charge in [0.05, 0.1) is 34.3 Å². The summed E-state index contributed by atoms with van der Waals surface area (Å²) in [7, 11) is 0. The minimum Gasteiger partial charge on any atom is -0.371 e. The summed E-state index contributed by atoms with van der Waals surface area (Å²) in [6.45, 7) is 12.2. The SMILES string of the molecule is CC(C)n1cnc2cc(-c3ccc4c(c3)N([C@H]3C[C@@H](N5CCCCC5)C3)C(=O)C43CCN(C(=O)[C@]4(C)CCN(C(=O)C5CCN(c6ccc(C7CCC(=O)NC7=O)cc6)CC5)C4)CC3)nc(NC3CC3)c21. The molecule has 374 valence electrons. The standard InChI is InChI=1S/C56H70N10O5/c1-35(2)65-34-57-46-32-45(59-50(49(46)65)58-39-10-11-39)38-9-15-44-47(29-38)66(42-30-41(31-42)61-22-5-4-6-23-61)54(71)56(44)20-27-63(28-21-56)53(70)55(3)19-26-64(33-55)52(69)37-17-24-62(25-18-37)40-12-7-36(8-13-40)43-14-16-48(67)60-51(43)68/h7-9,12-13,15,29,32,34-35,37,39,41-43H,4-6,10-11,14,16-28,30-31,33H2,1-3H3,(H,58,59)(H,60,67,68)/t41-,42+,43?,55-/m1/s1. The van der Waals surface area contributed by atoms with E-state index in [0.717, 1.165) is 115 Å². The van der Waals surface area contributed by atoms with Crippen LogP contribution in [0, 0.1) is 11.3 Å². The highest BCUT2D eigenvalue weighted by atomic mass is 16.2. The zero-order valence-corrected chi connectivity index (χ0v) is 41.8. The Morgan fingerprint density at radius 3 is 2.24 bits per heavy atom. The van der Waals surface area contributed by atoms with Gasteiger partial charge in [-0.1, -0.05) is 30.7 Å². The number of hydrogen-bond donors (Lipinski definition) is 2. The van der Waals surface area contributed by atoms with Gasteiger partial charge in [0, 0.05) is 92.7 Å². The highest BCUT2D eigenvalue weighted by Crippen LogP contribution is 2.53. The Morgan fingerprint density at radius 2 is 1.54 bits per heavy atom. The lowest BCUT2D eigenvalue weighted by atomic mass is 9.72. The van der Waals surface area contributed by atoms with Crippen molar-refractivity contribution >= 4 is 57.8 Å². The Labute approximate surface area is 417 Å². The van der Waals surface area contributed by atoms with Crippen LogP contribution in [-0.2, 0) is 29.4 Å². The zero-order chi connectivity index (χ0) is 48.8. The van der Waals surface area contributed by atoms with Gasteiger partial charge in [-0.05, 0) is 146 Å². The first-order valence-electron chi connectivity index (χ1n) is 27.0. The molecule has 2 aliphatic carbocycles. The number of pyridine rings is 1. The van der Waals surface area contributed by atoms with E-state index < -0.39 is 10.8 Å². The molecule has 71 heavy (non-hydrogen) atoms. The van der Waals surface area contributed by atoms with Crippen molar-refractivity contribution in [2.45, 2.75) is 146 Å². The molecule has 12 rings (SSSR count). The molecule has 15 heteroatoms. The van der Waals surface area contributed by atoms with Gasteiger partial charge >= 0.3 is 0 Å². The molecule has 6 aliphatic heterocycles. The molecule has 4 aromatic rings. The van der Waals surface area contributed by atoms with E-state index in [1.807, 2.05) is 47.3 Å². The van der Waals surface area contributed by atoms with Gasteiger partial charge in [-0.2, -0.15) is 0 Å². The lowest BCUT2D eigenvalue weighted by Crippen LogP contribution is -2.59. The molecule has 5 saturated heterocycles. The number of rotatable bonds is 10. The maximum absolute atomic E-state index is 15.3. The molecule has 2 atom stereocenters. The molecule has 8 aliphatic rings. The largest absolute Gasteiger partial charge is 0.371 e. The fraction of sp³-hybridized carbons (Fsp3) is 0.589. The predicted molar refractivity (Wildman–Crippen MR) is 273 cm³/mol. The third-order valence-corrected chi connectivity index (χ3v) is 18.0. The topological polar surface area (TPSA) is 156 Å². The van der Waals surface area contributed by atoms with Gasteiger partial charge < -0.3 is 34.4 Å². The maximum atomic E-state index is 15.3. The van der Waals surface area contributed by atoms with Crippen molar-refractivity contribution in [3.05, 3.63) is 66.0 Å². The van der Waals surface area contributed by atoms with Crippen LogP contribution in [0.2, 0.25) is 0 Å². The number of amides is 5. The second-order valence-corrected chi connectivity index (χ2v) is 23.0. The average molecular weight is 963 g/mol. The normalized spacial score (nSPS) is 27.2. The van der Waals surface area contributed by atoms with Crippen molar-refractivity contribution in [1.29, 1.82) is 0 Å². The van der Waals surface area contributed by atoms with Gasteiger partial charge in [-0.25, -0.2) is 9.97 Å². The molecular formula is C56H70N10O5. The van der Waals surface area contributed by atoms with Crippen LogP contribution in [0.5, 0.6) is 0 Å². The second kappa shape index (κ2) is 18.0. The summed E-state index contributed by atoms with van der Waals surface area (Å²) in [6.07, 6.45) is 14.1. The third kappa shape index (κ3) is 8.27. The number of nitrogens with one attached hydrogen (secondary N) is 2. The number of imidazole rings is 1. The van der Waals surface area contributed by atoms with E-state index in [1.54, 1.807) is 0 Å². The monoisotopic (exact) mass is 963 g/mol. The molecule has 8 heterocycles. The third-order valence-electron chi connectivity index (χ3n) is 18.0. The number of carbonyl (C=O) groups is 5. The lowest BCUT2D eigenvalue weighted by Gasteiger charge is -2.48. The van der Waals surface area contributed by atoms with Crippen molar-refractivity contribution in [3.8, 4) is 11.3 Å². The number of imide groups is 1. The van der Waals surface area contributed by atoms with Crippen molar-refractivity contribution in [2.75, 3.05) is 67.5 Å². The molecule has 15 nitrogen and oxygen atoms in total. The molecule has 2 aromatic heterocycles. The minimum absolute atomic E-state index is 0.0901. The summed E-state index contributed by atoms with van der Waals surface area (Å²) >= 11 is 0. The Bertz CT molecular complexity index is 2760. The Kier molecular flexibility index (Phi) is 11.7. The molecule has 5 amide bonds. The van der Waals surface area contributed by atoms with E-state index in [9.17, 15) is 19.2 Å². The highest BCUT2D eigenvalue weighted by Gasteiger charge is 2.57. The summed E-state index contributed by atoms with van der Waals surface area (Å²) in [5.41, 5.74) is 6.47. The summed E-state index contributed by atoms with van der Waals surface area (Å²) in [5.74, 6) is 0.455. The molecular weight excluding hydrogens is 893 g/mol. The molecule has 1 spiro atoms.